The Hall–Kier alpha value is -3.39. The van der Waals surface area contributed by atoms with E-state index in [1.54, 1.807) is 48.5 Å². The highest BCUT2D eigenvalue weighted by Crippen LogP contribution is 2.31. The van der Waals surface area contributed by atoms with Crippen LogP contribution in [0.5, 0.6) is 0 Å². The fraction of sp³-hybridized carbons (Fsp3) is 0.227. The summed E-state index contributed by atoms with van der Waals surface area (Å²) in [6.45, 7) is 1.55. The van der Waals surface area contributed by atoms with E-state index in [0.29, 0.717) is 33.8 Å². The molecule has 0 amide bonds. The number of fused-ring (bicyclic) bond motifs is 1. The molecule has 1 heterocycles. The number of hydrogen-bond donors (Lipinski definition) is 1. The molecule has 2 aromatic carbocycles. The number of carbonyl (C=O) groups is 2. The maximum atomic E-state index is 13.2. The third kappa shape index (κ3) is 3.11. The van der Waals surface area contributed by atoms with Crippen LogP contribution in [0.3, 0.4) is 0 Å². The number of piperidine rings is 1. The van der Waals surface area contributed by atoms with E-state index in [-0.39, 0.29) is 11.6 Å². The number of nitrogens with zero attached hydrogens (tertiary/aromatic N) is 2. The van der Waals surface area contributed by atoms with Gasteiger partial charge in [-0.15, -0.1) is 0 Å². The van der Waals surface area contributed by atoms with Gasteiger partial charge in [0.1, 0.15) is 11.4 Å². The topological polar surface area (TPSA) is 73.2 Å². The van der Waals surface area contributed by atoms with E-state index < -0.39 is 0 Å². The van der Waals surface area contributed by atoms with E-state index in [1.807, 2.05) is 4.90 Å². The molecule has 0 atom stereocenters. The fourth-order valence-electron chi connectivity index (χ4n) is 3.67. The normalized spacial score (nSPS) is 16.8. The van der Waals surface area contributed by atoms with E-state index in [4.69, 9.17) is 5.26 Å². The second kappa shape index (κ2) is 7.08. The first-order valence-corrected chi connectivity index (χ1v) is 9.14. The van der Waals surface area contributed by atoms with Crippen molar-refractivity contribution in [2.75, 3.05) is 18.4 Å². The van der Waals surface area contributed by atoms with Gasteiger partial charge in [-0.1, -0.05) is 24.3 Å². The predicted octanol–water partition coefficient (Wildman–Crippen LogP) is 3.75. The molecule has 0 unspecified atom stereocenters. The average molecular weight is 357 g/mol. The monoisotopic (exact) mass is 357 g/mol. The van der Waals surface area contributed by atoms with Crippen molar-refractivity contribution in [2.45, 2.75) is 19.3 Å². The van der Waals surface area contributed by atoms with E-state index in [0.717, 1.165) is 32.4 Å². The van der Waals surface area contributed by atoms with Crippen molar-refractivity contribution in [2.24, 2.45) is 0 Å². The standard InChI is InChI=1S/C22H19N3O2/c23-14-15-8-10-16(11-9-15)24-19-20(25-12-4-1-5-13-25)22(27)18-7-3-2-6-17(18)21(19)26/h2-3,6-11,24H,1,4-5,12-13H2. The molecule has 1 N–H and O–H groups in total. The van der Waals surface area contributed by atoms with Gasteiger partial charge < -0.3 is 10.2 Å². The van der Waals surface area contributed by atoms with Gasteiger partial charge in [0, 0.05) is 29.9 Å². The molecule has 2 aromatic rings. The maximum Gasteiger partial charge on any atom is 0.212 e. The smallest absolute Gasteiger partial charge is 0.212 e. The molecular weight excluding hydrogens is 338 g/mol. The van der Waals surface area contributed by atoms with E-state index in [1.165, 1.54) is 0 Å². The third-order valence-electron chi connectivity index (χ3n) is 5.05. The number of allylic oxidation sites excluding steroid dienone is 2. The predicted molar refractivity (Wildman–Crippen MR) is 102 cm³/mol. The van der Waals surface area contributed by atoms with Gasteiger partial charge in [0.25, 0.3) is 0 Å². The van der Waals surface area contributed by atoms with Crippen molar-refractivity contribution in [3.8, 4) is 6.07 Å². The fourth-order valence-corrected chi connectivity index (χ4v) is 3.67. The Balaban J connectivity index is 1.79. The number of hydrogen-bond acceptors (Lipinski definition) is 5. The molecule has 27 heavy (non-hydrogen) atoms. The van der Waals surface area contributed by atoms with Gasteiger partial charge in [0.2, 0.25) is 11.6 Å². The molecule has 1 saturated heterocycles. The van der Waals surface area contributed by atoms with Gasteiger partial charge in [-0.2, -0.15) is 5.26 Å². The second-order valence-electron chi connectivity index (χ2n) is 6.79. The highest BCUT2D eigenvalue weighted by Gasteiger charge is 2.35. The van der Waals surface area contributed by atoms with Gasteiger partial charge in [0.05, 0.1) is 11.6 Å². The summed E-state index contributed by atoms with van der Waals surface area (Å²) in [4.78, 5) is 28.5. The van der Waals surface area contributed by atoms with Crippen molar-refractivity contribution < 1.29 is 9.59 Å². The number of rotatable bonds is 3. The molecule has 1 fully saturated rings. The lowest BCUT2D eigenvalue weighted by Crippen LogP contribution is -2.39. The first kappa shape index (κ1) is 17.0. The van der Waals surface area contributed by atoms with Gasteiger partial charge in [-0.3, -0.25) is 9.59 Å². The van der Waals surface area contributed by atoms with Crippen molar-refractivity contribution in [3.63, 3.8) is 0 Å². The Morgan fingerprint density at radius 3 is 2.11 bits per heavy atom. The second-order valence-corrected chi connectivity index (χ2v) is 6.79. The number of ketones is 2. The molecular formula is C22H19N3O2. The molecule has 4 rings (SSSR count). The average Bonchev–Trinajstić information content (AvgIpc) is 2.73. The summed E-state index contributed by atoms with van der Waals surface area (Å²) < 4.78 is 0. The molecule has 0 saturated carbocycles. The summed E-state index contributed by atoms with van der Waals surface area (Å²) in [6.07, 6.45) is 3.16. The van der Waals surface area contributed by atoms with Crippen LogP contribution in [0, 0.1) is 11.3 Å². The molecule has 0 bridgehead atoms. The lowest BCUT2D eigenvalue weighted by Gasteiger charge is -2.34. The summed E-state index contributed by atoms with van der Waals surface area (Å²) in [5, 5.41) is 12.1. The van der Waals surface area contributed by atoms with Crippen LogP contribution in [0.15, 0.2) is 59.9 Å². The zero-order valence-corrected chi connectivity index (χ0v) is 14.9. The van der Waals surface area contributed by atoms with Crippen LogP contribution < -0.4 is 5.32 Å². The lowest BCUT2D eigenvalue weighted by molar-refractivity contribution is 0.0935. The Morgan fingerprint density at radius 1 is 0.852 bits per heavy atom. The van der Waals surface area contributed by atoms with Crippen molar-refractivity contribution in [3.05, 3.63) is 76.6 Å². The largest absolute Gasteiger partial charge is 0.367 e. The van der Waals surface area contributed by atoms with Crippen molar-refractivity contribution in [1.29, 1.82) is 5.26 Å². The van der Waals surface area contributed by atoms with Crippen LogP contribution in [0.25, 0.3) is 0 Å². The van der Waals surface area contributed by atoms with E-state index >= 15 is 0 Å². The number of carbonyl (C=O) groups excluding carboxylic acids is 2. The quantitative estimate of drug-likeness (QED) is 0.906. The maximum absolute atomic E-state index is 13.2. The van der Waals surface area contributed by atoms with Crippen LogP contribution in [-0.4, -0.2) is 29.6 Å². The van der Waals surface area contributed by atoms with Crippen LogP contribution in [0.2, 0.25) is 0 Å². The van der Waals surface area contributed by atoms with E-state index in [2.05, 4.69) is 11.4 Å². The third-order valence-corrected chi connectivity index (χ3v) is 5.05. The Bertz CT molecular complexity index is 977. The summed E-state index contributed by atoms with van der Waals surface area (Å²) in [7, 11) is 0. The Labute approximate surface area is 157 Å². The Kier molecular flexibility index (Phi) is 4.47. The molecule has 5 heteroatoms. The number of Topliss-reactive ketones (excluding diaryl/α,β-unsaturated/α-hetero) is 2. The highest BCUT2D eigenvalue weighted by atomic mass is 16.1. The Morgan fingerprint density at radius 2 is 1.48 bits per heavy atom. The van der Waals surface area contributed by atoms with E-state index in [9.17, 15) is 9.59 Å². The zero-order valence-electron chi connectivity index (χ0n) is 14.9. The molecule has 0 radical (unpaired) electrons. The molecule has 134 valence electrons. The van der Waals surface area contributed by atoms with Gasteiger partial charge >= 0.3 is 0 Å². The van der Waals surface area contributed by atoms with Crippen LogP contribution in [0.4, 0.5) is 5.69 Å². The molecule has 1 aliphatic heterocycles. The first-order chi connectivity index (χ1) is 13.2. The summed E-state index contributed by atoms with van der Waals surface area (Å²) in [6, 6.07) is 15.9. The minimum Gasteiger partial charge on any atom is -0.367 e. The van der Waals surface area contributed by atoms with Crippen LogP contribution >= 0.6 is 0 Å². The van der Waals surface area contributed by atoms with Crippen LogP contribution in [0.1, 0.15) is 45.5 Å². The van der Waals surface area contributed by atoms with Gasteiger partial charge in [-0.05, 0) is 43.5 Å². The van der Waals surface area contributed by atoms with Gasteiger partial charge in [-0.25, -0.2) is 0 Å². The summed E-state index contributed by atoms with van der Waals surface area (Å²) in [5.41, 5.74) is 2.90. The number of benzene rings is 2. The number of likely N-dealkylation sites (tertiary alicyclic amines) is 1. The van der Waals surface area contributed by atoms with Crippen LogP contribution in [-0.2, 0) is 0 Å². The summed E-state index contributed by atoms with van der Waals surface area (Å²) >= 11 is 0. The molecule has 2 aliphatic rings. The van der Waals surface area contributed by atoms with Crippen molar-refractivity contribution in [1.82, 2.24) is 4.90 Å². The number of anilines is 1. The SMILES string of the molecule is N#Cc1ccc(NC2=C(N3CCCCC3)C(=O)c3ccccc3C2=O)cc1. The molecule has 1 aliphatic carbocycles. The number of nitrogens with one attached hydrogen (secondary N) is 1. The van der Waals surface area contributed by atoms with Gasteiger partial charge in [0.15, 0.2) is 0 Å². The zero-order chi connectivity index (χ0) is 18.8. The molecule has 0 spiro atoms. The highest BCUT2D eigenvalue weighted by molar-refractivity contribution is 6.27. The van der Waals surface area contributed by atoms with Crippen molar-refractivity contribution >= 4 is 17.3 Å². The molecule has 5 nitrogen and oxygen atoms in total. The summed E-state index contributed by atoms with van der Waals surface area (Å²) in [5.74, 6) is -0.279. The minimum absolute atomic E-state index is 0.108. The molecule has 0 aromatic heterocycles. The number of nitriles is 1. The minimum atomic E-state index is -0.171. The first-order valence-electron chi connectivity index (χ1n) is 9.14. The lowest BCUT2D eigenvalue weighted by atomic mass is 9.89.